The minimum absolute atomic E-state index is 0.0801. The number of carboxylic acid groups (broad SMARTS) is 1. The van der Waals surface area contributed by atoms with Gasteiger partial charge in [-0.15, -0.1) is 0 Å². The van der Waals surface area contributed by atoms with Crippen molar-refractivity contribution in [2.75, 3.05) is 0 Å². The number of carboxylic acids is 1. The monoisotopic (exact) mass is 315 g/mol. The topological polar surface area (TPSA) is 50.2 Å². The fourth-order valence-electron chi connectivity index (χ4n) is 1.86. The molecule has 1 N–H and O–H groups in total. The Labute approximate surface area is 123 Å². The van der Waals surface area contributed by atoms with Crippen LogP contribution in [0.3, 0.4) is 0 Å². The van der Waals surface area contributed by atoms with Gasteiger partial charge in [0.2, 0.25) is 0 Å². The lowest BCUT2D eigenvalue weighted by Crippen LogP contribution is -2.06. The van der Waals surface area contributed by atoms with Gasteiger partial charge in [0.25, 0.3) is 0 Å². The summed E-state index contributed by atoms with van der Waals surface area (Å²) in [7, 11) is 0. The predicted octanol–water partition coefficient (Wildman–Crippen LogP) is 4.05. The summed E-state index contributed by atoms with van der Waals surface area (Å²) in [6, 6.07) is 7.37. The summed E-state index contributed by atoms with van der Waals surface area (Å²) in [5.41, 5.74) is -0.228. The van der Waals surface area contributed by atoms with Gasteiger partial charge in [-0.25, -0.2) is 4.98 Å². The Morgan fingerprint density at radius 1 is 1.24 bits per heavy atom. The fraction of sp³-hybridized carbons (Fsp3) is 0.143. The van der Waals surface area contributed by atoms with E-state index in [0.29, 0.717) is 5.56 Å². The van der Waals surface area contributed by atoms with Crippen LogP contribution in [0.1, 0.15) is 11.1 Å². The van der Waals surface area contributed by atoms with Gasteiger partial charge < -0.3 is 5.11 Å². The molecule has 0 aliphatic carbocycles. The maximum Gasteiger partial charge on any atom is 0.416 e. The summed E-state index contributed by atoms with van der Waals surface area (Å²) in [4.78, 5) is 14.8. The van der Waals surface area contributed by atoms with Gasteiger partial charge in [0, 0.05) is 5.56 Å². The van der Waals surface area contributed by atoms with E-state index >= 15 is 0 Å². The molecular formula is C14H9ClF3NO2. The molecule has 0 spiro atoms. The second kappa shape index (κ2) is 5.73. The number of benzene rings is 1. The summed E-state index contributed by atoms with van der Waals surface area (Å²) >= 11 is 5.75. The highest BCUT2D eigenvalue weighted by Gasteiger charge is 2.30. The molecule has 0 aliphatic heterocycles. The summed E-state index contributed by atoms with van der Waals surface area (Å²) in [6.07, 6.45) is -4.84. The zero-order chi connectivity index (χ0) is 15.6. The van der Waals surface area contributed by atoms with Crippen LogP contribution < -0.4 is 0 Å². The highest BCUT2D eigenvalue weighted by atomic mass is 35.5. The van der Waals surface area contributed by atoms with Crippen molar-refractivity contribution in [2.24, 2.45) is 0 Å². The van der Waals surface area contributed by atoms with Gasteiger partial charge in [-0.3, -0.25) is 4.79 Å². The molecule has 0 bridgehead atoms. The third-order valence-corrected chi connectivity index (χ3v) is 2.96. The lowest BCUT2D eigenvalue weighted by Gasteiger charge is -2.11. The van der Waals surface area contributed by atoms with Crippen molar-refractivity contribution in [1.82, 2.24) is 4.98 Å². The highest BCUT2D eigenvalue weighted by Crippen LogP contribution is 2.33. The van der Waals surface area contributed by atoms with Crippen LogP contribution in [-0.4, -0.2) is 16.1 Å². The van der Waals surface area contributed by atoms with Gasteiger partial charge in [-0.1, -0.05) is 29.8 Å². The molecule has 0 saturated carbocycles. The van der Waals surface area contributed by atoms with Gasteiger partial charge >= 0.3 is 12.1 Å². The molecule has 3 nitrogen and oxygen atoms in total. The molecule has 1 heterocycles. The Morgan fingerprint density at radius 3 is 2.57 bits per heavy atom. The number of nitrogens with zero attached hydrogens (tertiary/aromatic N) is 1. The SMILES string of the molecule is O=C(O)Cc1ccc(Cl)nc1-c1cccc(C(F)(F)F)c1. The normalized spacial score (nSPS) is 11.4. The van der Waals surface area contributed by atoms with Crippen LogP contribution in [-0.2, 0) is 17.4 Å². The lowest BCUT2D eigenvalue weighted by molar-refractivity contribution is -0.138. The van der Waals surface area contributed by atoms with Gasteiger partial charge in [0.05, 0.1) is 17.7 Å². The van der Waals surface area contributed by atoms with Gasteiger partial charge in [0.15, 0.2) is 0 Å². The van der Waals surface area contributed by atoms with Crippen LogP contribution in [0, 0.1) is 0 Å². The van der Waals surface area contributed by atoms with Crippen molar-refractivity contribution in [3.8, 4) is 11.3 Å². The van der Waals surface area contributed by atoms with E-state index in [1.165, 1.54) is 24.3 Å². The Bertz CT molecular complexity index is 686. The minimum Gasteiger partial charge on any atom is -0.481 e. The molecule has 0 fully saturated rings. The molecule has 0 atom stereocenters. The van der Waals surface area contributed by atoms with Crippen molar-refractivity contribution < 1.29 is 23.1 Å². The number of alkyl halides is 3. The maximum absolute atomic E-state index is 12.7. The van der Waals surface area contributed by atoms with E-state index in [1.807, 2.05) is 0 Å². The number of hydrogen-bond donors (Lipinski definition) is 1. The van der Waals surface area contributed by atoms with Crippen molar-refractivity contribution in [3.63, 3.8) is 0 Å². The van der Waals surface area contributed by atoms with Crippen LogP contribution in [0.25, 0.3) is 11.3 Å². The molecule has 1 aromatic carbocycles. The number of hydrogen-bond acceptors (Lipinski definition) is 2. The molecule has 7 heteroatoms. The molecule has 1 aromatic heterocycles. The van der Waals surface area contributed by atoms with Crippen molar-refractivity contribution in [1.29, 1.82) is 0 Å². The molecule has 21 heavy (non-hydrogen) atoms. The average molecular weight is 316 g/mol. The number of aliphatic carboxylic acids is 1. The largest absolute Gasteiger partial charge is 0.481 e. The Balaban J connectivity index is 2.55. The average Bonchev–Trinajstić information content (AvgIpc) is 2.39. The first-order chi connectivity index (χ1) is 9.77. The quantitative estimate of drug-likeness (QED) is 0.869. The van der Waals surface area contributed by atoms with Gasteiger partial charge in [0.1, 0.15) is 5.15 Å². The Morgan fingerprint density at radius 2 is 1.95 bits per heavy atom. The molecule has 0 aliphatic rings. The third-order valence-electron chi connectivity index (χ3n) is 2.75. The van der Waals surface area contributed by atoms with Crippen molar-refractivity contribution in [3.05, 3.63) is 52.7 Å². The number of rotatable bonds is 3. The van der Waals surface area contributed by atoms with Crippen LogP contribution in [0.5, 0.6) is 0 Å². The standard InChI is InChI=1S/C14H9ClF3NO2/c15-11-5-4-9(7-12(20)21)13(19-11)8-2-1-3-10(6-8)14(16,17)18/h1-6H,7H2,(H,20,21). The molecule has 0 amide bonds. The summed E-state index contributed by atoms with van der Waals surface area (Å²) in [5.74, 6) is -1.10. The van der Waals surface area contributed by atoms with E-state index in [4.69, 9.17) is 16.7 Å². The lowest BCUT2D eigenvalue weighted by atomic mass is 10.0. The van der Waals surface area contributed by atoms with Crippen LogP contribution in [0.4, 0.5) is 13.2 Å². The predicted molar refractivity (Wildman–Crippen MR) is 71.0 cm³/mol. The Kier molecular flexibility index (Phi) is 4.18. The first-order valence-corrected chi connectivity index (χ1v) is 6.20. The summed E-state index contributed by atoms with van der Waals surface area (Å²) < 4.78 is 38.2. The second-order valence-electron chi connectivity index (χ2n) is 4.29. The fourth-order valence-corrected chi connectivity index (χ4v) is 2.01. The van der Waals surface area contributed by atoms with E-state index in [9.17, 15) is 18.0 Å². The minimum atomic E-state index is -4.48. The molecule has 0 radical (unpaired) electrons. The summed E-state index contributed by atoms with van der Waals surface area (Å²) in [6.45, 7) is 0. The molecule has 0 saturated heterocycles. The highest BCUT2D eigenvalue weighted by molar-refractivity contribution is 6.29. The first kappa shape index (κ1) is 15.3. The van der Waals surface area contributed by atoms with E-state index < -0.39 is 17.7 Å². The first-order valence-electron chi connectivity index (χ1n) is 5.82. The smallest absolute Gasteiger partial charge is 0.416 e. The maximum atomic E-state index is 12.7. The number of carbonyl (C=O) groups is 1. The Hall–Kier alpha value is -2.08. The van der Waals surface area contributed by atoms with Crippen molar-refractivity contribution in [2.45, 2.75) is 12.6 Å². The van der Waals surface area contributed by atoms with Crippen LogP contribution >= 0.6 is 11.6 Å². The number of halogens is 4. The molecular weight excluding hydrogens is 307 g/mol. The third kappa shape index (κ3) is 3.72. The van der Waals surface area contributed by atoms with E-state index in [1.54, 1.807) is 0 Å². The molecule has 110 valence electrons. The molecule has 2 aromatic rings. The van der Waals surface area contributed by atoms with Crippen LogP contribution in [0.2, 0.25) is 5.15 Å². The number of pyridine rings is 1. The second-order valence-corrected chi connectivity index (χ2v) is 4.68. The van der Waals surface area contributed by atoms with Gasteiger partial charge in [-0.2, -0.15) is 13.2 Å². The molecule has 0 unspecified atom stereocenters. The van der Waals surface area contributed by atoms with E-state index in [-0.39, 0.29) is 22.8 Å². The summed E-state index contributed by atoms with van der Waals surface area (Å²) in [5, 5.41) is 8.93. The zero-order valence-corrected chi connectivity index (χ0v) is 11.2. The van der Waals surface area contributed by atoms with E-state index in [0.717, 1.165) is 12.1 Å². The van der Waals surface area contributed by atoms with E-state index in [2.05, 4.69) is 4.98 Å². The van der Waals surface area contributed by atoms with Gasteiger partial charge in [-0.05, 0) is 23.8 Å². The number of aromatic nitrogens is 1. The van der Waals surface area contributed by atoms with Crippen molar-refractivity contribution >= 4 is 17.6 Å². The zero-order valence-electron chi connectivity index (χ0n) is 10.5. The van der Waals surface area contributed by atoms with Crippen LogP contribution in [0.15, 0.2) is 36.4 Å². The molecule has 2 rings (SSSR count).